The van der Waals surface area contributed by atoms with E-state index in [0.29, 0.717) is 30.2 Å². The molecule has 0 radical (unpaired) electrons. The van der Waals surface area contributed by atoms with E-state index in [2.05, 4.69) is 16.8 Å². The van der Waals surface area contributed by atoms with Gasteiger partial charge < -0.3 is 10.0 Å². The Balaban J connectivity index is 2.14. The molecular weight excluding hydrogens is 288 g/mol. The molecule has 0 aliphatic carbocycles. The number of allylic oxidation sites excluding steroid dienone is 1. The van der Waals surface area contributed by atoms with Gasteiger partial charge in [0.15, 0.2) is 0 Å². The molecule has 1 N–H and O–H groups in total. The molecule has 2 heterocycles. The fraction of sp³-hybridized carbons (Fsp3) is 0.375. The first-order valence-corrected chi connectivity index (χ1v) is 7.07. The van der Waals surface area contributed by atoms with Crippen LogP contribution in [0, 0.1) is 17.3 Å². The van der Waals surface area contributed by atoms with Crippen molar-refractivity contribution in [2.45, 2.75) is 20.3 Å². The van der Waals surface area contributed by atoms with E-state index in [1.54, 1.807) is 18.3 Å². The van der Waals surface area contributed by atoms with Gasteiger partial charge in [-0.1, -0.05) is 36.9 Å². The molecule has 1 saturated heterocycles. The number of piperidine rings is 1. The van der Waals surface area contributed by atoms with Gasteiger partial charge in [-0.2, -0.15) is 0 Å². The van der Waals surface area contributed by atoms with Crippen molar-refractivity contribution in [2.24, 2.45) is 5.41 Å². The molecule has 4 nitrogen and oxygen atoms in total. The number of halogens is 1. The standard InChI is InChI=1S/C16H17ClN2O2/c1-16(2)11-19(15(20)21)9-7-12(16)4-3-5-14-10-13(17)6-8-18-14/h4,6,8,10H,7,9,11H2,1-2H3,(H,20,21)/b12-4+. The third-order valence-corrected chi connectivity index (χ3v) is 3.78. The number of carboxylic acid groups (broad SMARTS) is 1. The van der Waals surface area contributed by atoms with Gasteiger partial charge >= 0.3 is 6.09 Å². The van der Waals surface area contributed by atoms with E-state index in [4.69, 9.17) is 16.7 Å². The maximum absolute atomic E-state index is 11.0. The summed E-state index contributed by atoms with van der Waals surface area (Å²) < 4.78 is 0. The van der Waals surface area contributed by atoms with Crippen LogP contribution in [0.25, 0.3) is 0 Å². The Morgan fingerprint density at radius 1 is 1.57 bits per heavy atom. The highest BCUT2D eigenvalue weighted by Gasteiger charge is 2.32. The largest absolute Gasteiger partial charge is 0.465 e. The lowest BCUT2D eigenvalue weighted by Gasteiger charge is -2.38. The number of amides is 1. The summed E-state index contributed by atoms with van der Waals surface area (Å²) in [6.45, 7) is 5.08. The Morgan fingerprint density at radius 3 is 2.95 bits per heavy atom. The van der Waals surface area contributed by atoms with Crippen LogP contribution in [-0.2, 0) is 0 Å². The molecule has 110 valence electrons. The number of likely N-dealkylation sites (tertiary alicyclic amines) is 1. The molecule has 2 rings (SSSR count). The first-order chi connectivity index (χ1) is 9.88. The third kappa shape index (κ3) is 3.99. The fourth-order valence-electron chi connectivity index (χ4n) is 2.35. The normalized spacial score (nSPS) is 19.0. The van der Waals surface area contributed by atoms with E-state index in [9.17, 15) is 4.79 Å². The summed E-state index contributed by atoms with van der Waals surface area (Å²) in [7, 11) is 0. The van der Waals surface area contributed by atoms with Gasteiger partial charge in [0.25, 0.3) is 0 Å². The summed E-state index contributed by atoms with van der Waals surface area (Å²) in [6.07, 6.45) is 3.34. The summed E-state index contributed by atoms with van der Waals surface area (Å²) in [6, 6.07) is 3.42. The summed E-state index contributed by atoms with van der Waals surface area (Å²) >= 11 is 5.88. The van der Waals surface area contributed by atoms with Crippen molar-refractivity contribution < 1.29 is 9.90 Å². The zero-order valence-electron chi connectivity index (χ0n) is 12.1. The van der Waals surface area contributed by atoms with Gasteiger partial charge in [-0.25, -0.2) is 9.78 Å². The Bertz CT molecular complexity index is 641. The number of hydrogen-bond acceptors (Lipinski definition) is 2. The smallest absolute Gasteiger partial charge is 0.407 e. The molecule has 21 heavy (non-hydrogen) atoms. The molecule has 1 aromatic rings. The van der Waals surface area contributed by atoms with Crippen molar-refractivity contribution >= 4 is 17.7 Å². The first kappa shape index (κ1) is 15.4. The molecular formula is C16H17ClN2O2. The van der Waals surface area contributed by atoms with Crippen molar-refractivity contribution in [1.82, 2.24) is 9.88 Å². The van der Waals surface area contributed by atoms with E-state index in [1.165, 1.54) is 4.90 Å². The van der Waals surface area contributed by atoms with E-state index < -0.39 is 6.09 Å². The minimum absolute atomic E-state index is 0.201. The molecule has 0 spiro atoms. The van der Waals surface area contributed by atoms with Gasteiger partial charge in [-0.3, -0.25) is 0 Å². The van der Waals surface area contributed by atoms with E-state index in [0.717, 1.165) is 5.57 Å². The molecule has 0 atom stereocenters. The summed E-state index contributed by atoms with van der Waals surface area (Å²) in [5, 5.41) is 9.67. The average Bonchev–Trinajstić information content (AvgIpc) is 2.40. The zero-order valence-corrected chi connectivity index (χ0v) is 12.8. The minimum atomic E-state index is -0.865. The SMILES string of the molecule is CC1(C)CN(C(=O)O)CC/C1=C\C#Cc1cc(Cl)ccn1. The molecule has 1 amide bonds. The van der Waals surface area contributed by atoms with Gasteiger partial charge in [0.05, 0.1) is 0 Å². The van der Waals surface area contributed by atoms with Gasteiger partial charge in [0, 0.05) is 29.7 Å². The van der Waals surface area contributed by atoms with Gasteiger partial charge in [-0.15, -0.1) is 0 Å². The maximum Gasteiger partial charge on any atom is 0.407 e. The monoisotopic (exact) mass is 304 g/mol. The van der Waals surface area contributed by atoms with Crippen LogP contribution >= 0.6 is 11.6 Å². The average molecular weight is 305 g/mol. The third-order valence-electron chi connectivity index (χ3n) is 3.55. The summed E-state index contributed by atoms with van der Waals surface area (Å²) in [4.78, 5) is 16.6. The lowest BCUT2D eigenvalue weighted by molar-refractivity contribution is 0.117. The van der Waals surface area contributed by atoms with Crippen LogP contribution in [0.4, 0.5) is 4.79 Å². The number of pyridine rings is 1. The Kier molecular flexibility index (Phi) is 4.54. The second kappa shape index (κ2) is 6.19. The Labute approximate surface area is 129 Å². The molecule has 0 aromatic carbocycles. The van der Waals surface area contributed by atoms with Crippen LogP contribution in [0.15, 0.2) is 30.0 Å². The number of aromatic nitrogens is 1. The van der Waals surface area contributed by atoms with Crippen LogP contribution in [0.5, 0.6) is 0 Å². The second-order valence-electron chi connectivity index (χ2n) is 5.64. The maximum atomic E-state index is 11.0. The number of carbonyl (C=O) groups is 1. The zero-order chi connectivity index (χ0) is 15.5. The minimum Gasteiger partial charge on any atom is -0.465 e. The highest BCUT2D eigenvalue weighted by molar-refractivity contribution is 6.30. The molecule has 0 bridgehead atoms. The van der Waals surface area contributed by atoms with Crippen LogP contribution in [0.2, 0.25) is 5.02 Å². The molecule has 1 fully saturated rings. The van der Waals surface area contributed by atoms with Crippen LogP contribution < -0.4 is 0 Å². The van der Waals surface area contributed by atoms with Gasteiger partial charge in [0.2, 0.25) is 0 Å². The lowest BCUT2D eigenvalue weighted by Crippen LogP contribution is -2.44. The highest BCUT2D eigenvalue weighted by atomic mass is 35.5. The van der Waals surface area contributed by atoms with Crippen molar-refractivity contribution in [3.05, 3.63) is 40.7 Å². The fourth-order valence-corrected chi connectivity index (χ4v) is 2.51. The van der Waals surface area contributed by atoms with E-state index in [1.807, 2.05) is 19.9 Å². The van der Waals surface area contributed by atoms with E-state index in [-0.39, 0.29) is 5.41 Å². The molecule has 1 aliphatic heterocycles. The Hall–Kier alpha value is -1.99. The van der Waals surface area contributed by atoms with Crippen molar-refractivity contribution in [1.29, 1.82) is 0 Å². The van der Waals surface area contributed by atoms with Crippen LogP contribution in [-0.4, -0.2) is 34.2 Å². The van der Waals surface area contributed by atoms with Crippen molar-refractivity contribution in [2.75, 3.05) is 13.1 Å². The first-order valence-electron chi connectivity index (χ1n) is 6.69. The summed E-state index contributed by atoms with van der Waals surface area (Å²) in [5.41, 5.74) is 1.59. The topological polar surface area (TPSA) is 53.4 Å². The van der Waals surface area contributed by atoms with Gasteiger partial charge in [0.1, 0.15) is 5.69 Å². The van der Waals surface area contributed by atoms with Crippen LogP contribution in [0.3, 0.4) is 0 Å². The predicted octanol–water partition coefficient (Wildman–Crippen LogP) is 3.42. The number of nitrogens with zero attached hydrogens (tertiary/aromatic N) is 2. The second-order valence-corrected chi connectivity index (χ2v) is 6.07. The Morgan fingerprint density at radius 2 is 2.33 bits per heavy atom. The number of rotatable bonds is 0. The number of hydrogen-bond donors (Lipinski definition) is 1. The predicted molar refractivity (Wildman–Crippen MR) is 82.2 cm³/mol. The molecule has 0 unspecified atom stereocenters. The molecule has 0 saturated carbocycles. The van der Waals surface area contributed by atoms with Crippen LogP contribution in [0.1, 0.15) is 26.0 Å². The highest BCUT2D eigenvalue weighted by Crippen LogP contribution is 2.33. The quantitative estimate of drug-likeness (QED) is 0.747. The molecule has 5 heteroatoms. The van der Waals surface area contributed by atoms with Crippen molar-refractivity contribution in [3.63, 3.8) is 0 Å². The molecule has 1 aromatic heterocycles. The summed E-state index contributed by atoms with van der Waals surface area (Å²) in [5.74, 6) is 5.95. The van der Waals surface area contributed by atoms with Crippen molar-refractivity contribution in [3.8, 4) is 11.8 Å². The molecule has 1 aliphatic rings. The van der Waals surface area contributed by atoms with Gasteiger partial charge in [-0.05, 0) is 30.6 Å². The lowest BCUT2D eigenvalue weighted by atomic mass is 9.79. The van der Waals surface area contributed by atoms with E-state index >= 15 is 0 Å².